The van der Waals surface area contributed by atoms with Crippen LogP contribution in [-0.4, -0.2) is 12.6 Å². The Bertz CT molecular complexity index is 458. The van der Waals surface area contributed by atoms with E-state index in [4.69, 9.17) is 4.74 Å². The van der Waals surface area contributed by atoms with Gasteiger partial charge < -0.3 is 4.74 Å². The maximum Gasteiger partial charge on any atom is 0.310 e. The van der Waals surface area contributed by atoms with Gasteiger partial charge in [0, 0.05) is 5.92 Å². The van der Waals surface area contributed by atoms with Gasteiger partial charge in [-0.2, -0.15) is 0 Å². The van der Waals surface area contributed by atoms with Crippen LogP contribution in [0.2, 0.25) is 0 Å². The number of carbonyl (C=O) groups excluding carboxylic acids is 1. The molecule has 0 aliphatic carbocycles. The van der Waals surface area contributed by atoms with Crippen molar-refractivity contribution >= 4 is 5.97 Å². The van der Waals surface area contributed by atoms with Crippen molar-refractivity contribution in [2.75, 3.05) is 6.61 Å². The second-order valence-corrected chi connectivity index (χ2v) is 5.09. The fourth-order valence-electron chi connectivity index (χ4n) is 1.70. The minimum atomic E-state index is -0.166. The Labute approximate surface area is 122 Å². The standard InChI is InChI=1S/C18H24O2/c1-4-15(2)9-8-10-16(3)14-20-18(19)13-17-11-6-5-7-12-17/h4-8,10-12,16H,9,13-14H2,1-3H3/b10-8+,15-4+. The Morgan fingerprint density at radius 1 is 1.30 bits per heavy atom. The first-order chi connectivity index (χ1) is 9.61. The number of rotatable bonds is 7. The van der Waals surface area contributed by atoms with E-state index in [-0.39, 0.29) is 11.9 Å². The molecular formula is C18H24O2. The van der Waals surface area contributed by atoms with E-state index in [1.54, 1.807) is 0 Å². The summed E-state index contributed by atoms with van der Waals surface area (Å²) < 4.78 is 5.29. The quantitative estimate of drug-likeness (QED) is 0.546. The average molecular weight is 272 g/mol. The molecule has 1 aromatic carbocycles. The molecule has 2 heteroatoms. The molecule has 0 N–H and O–H groups in total. The predicted molar refractivity (Wildman–Crippen MR) is 83.5 cm³/mol. The number of benzene rings is 1. The first-order valence-electron chi connectivity index (χ1n) is 7.09. The maximum absolute atomic E-state index is 11.7. The second-order valence-electron chi connectivity index (χ2n) is 5.09. The van der Waals surface area contributed by atoms with Crippen LogP contribution >= 0.6 is 0 Å². The van der Waals surface area contributed by atoms with Crippen molar-refractivity contribution < 1.29 is 9.53 Å². The number of ether oxygens (including phenoxy) is 1. The van der Waals surface area contributed by atoms with Crippen molar-refractivity contribution in [3.05, 3.63) is 59.7 Å². The fraction of sp³-hybridized carbons (Fsp3) is 0.389. The summed E-state index contributed by atoms with van der Waals surface area (Å²) in [6, 6.07) is 9.67. The highest BCUT2D eigenvalue weighted by molar-refractivity contribution is 5.72. The summed E-state index contributed by atoms with van der Waals surface area (Å²) in [6.45, 7) is 6.64. The first-order valence-corrected chi connectivity index (χ1v) is 7.09. The van der Waals surface area contributed by atoms with Crippen molar-refractivity contribution in [3.8, 4) is 0 Å². The Kier molecular flexibility index (Phi) is 7.41. The van der Waals surface area contributed by atoms with Crippen molar-refractivity contribution in [1.29, 1.82) is 0 Å². The van der Waals surface area contributed by atoms with E-state index in [0.29, 0.717) is 13.0 Å². The zero-order valence-electron chi connectivity index (χ0n) is 12.6. The molecule has 1 atom stereocenters. The van der Waals surface area contributed by atoms with E-state index >= 15 is 0 Å². The molecule has 0 radical (unpaired) electrons. The van der Waals surface area contributed by atoms with Crippen LogP contribution in [0, 0.1) is 5.92 Å². The van der Waals surface area contributed by atoms with E-state index in [1.165, 1.54) is 5.57 Å². The van der Waals surface area contributed by atoms with Crippen LogP contribution in [0.15, 0.2) is 54.1 Å². The summed E-state index contributed by atoms with van der Waals surface area (Å²) in [5.74, 6) is 0.0838. The van der Waals surface area contributed by atoms with Gasteiger partial charge in [-0.05, 0) is 25.8 Å². The van der Waals surface area contributed by atoms with Crippen molar-refractivity contribution in [1.82, 2.24) is 0 Å². The monoisotopic (exact) mass is 272 g/mol. The van der Waals surface area contributed by atoms with E-state index in [0.717, 1.165) is 12.0 Å². The predicted octanol–water partition coefficient (Wildman–Crippen LogP) is 4.32. The van der Waals surface area contributed by atoms with Gasteiger partial charge in [-0.3, -0.25) is 4.79 Å². The Balaban J connectivity index is 2.27. The van der Waals surface area contributed by atoms with Gasteiger partial charge in [0.2, 0.25) is 0 Å². The molecule has 1 rings (SSSR count). The Morgan fingerprint density at radius 2 is 2.00 bits per heavy atom. The number of hydrogen-bond donors (Lipinski definition) is 0. The third-order valence-electron chi connectivity index (χ3n) is 3.10. The number of carbonyl (C=O) groups is 1. The minimum Gasteiger partial charge on any atom is -0.465 e. The van der Waals surface area contributed by atoms with Crippen LogP contribution in [0.4, 0.5) is 0 Å². The summed E-state index contributed by atoms with van der Waals surface area (Å²) in [4.78, 5) is 11.7. The lowest BCUT2D eigenvalue weighted by atomic mass is 10.1. The Hall–Kier alpha value is -1.83. The number of hydrogen-bond acceptors (Lipinski definition) is 2. The van der Waals surface area contributed by atoms with Crippen molar-refractivity contribution in [2.24, 2.45) is 5.92 Å². The van der Waals surface area contributed by atoms with Crippen LogP contribution in [0.25, 0.3) is 0 Å². The molecule has 2 nitrogen and oxygen atoms in total. The lowest BCUT2D eigenvalue weighted by Crippen LogP contribution is -2.12. The van der Waals surface area contributed by atoms with Crippen LogP contribution < -0.4 is 0 Å². The lowest BCUT2D eigenvalue weighted by molar-refractivity contribution is -0.143. The highest BCUT2D eigenvalue weighted by Crippen LogP contribution is 2.06. The molecule has 1 aromatic rings. The first kappa shape index (κ1) is 16.2. The molecule has 1 unspecified atom stereocenters. The number of allylic oxidation sites excluding steroid dienone is 3. The molecule has 0 bridgehead atoms. The van der Waals surface area contributed by atoms with Crippen LogP contribution in [0.5, 0.6) is 0 Å². The van der Waals surface area contributed by atoms with Crippen molar-refractivity contribution in [2.45, 2.75) is 33.6 Å². The zero-order valence-corrected chi connectivity index (χ0v) is 12.6. The molecule has 0 heterocycles. The third kappa shape index (κ3) is 6.93. The zero-order chi connectivity index (χ0) is 14.8. The van der Waals surface area contributed by atoms with E-state index in [9.17, 15) is 4.79 Å². The smallest absolute Gasteiger partial charge is 0.310 e. The summed E-state index contributed by atoms with van der Waals surface area (Å²) in [7, 11) is 0. The molecule has 0 aromatic heterocycles. The maximum atomic E-state index is 11.7. The van der Waals surface area contributed by atoms with Crippen LogP contribution in [0.3, 0.4) is 0 Å². The number of esters is 1. The van der Waals surface area contributed by atoms with Gasteiger partial charge in [-0.15, -0.1) is 0 Å². The van der Waals surface area contributed by atoms with Crippen LogP contribution in [0.1, 0.15) is 32.8 Å². The van der Waals surface area contributed by atoms with Crippen molar-refractivity contribution in [3.63, 3.8) is 0 Å². The highest BCUT2D eigenvalue weighted by Gasteiger charge is 2.06. The summed E-state index contributed by atoms with van der Waals surface area (Å²) in [5.41, 5.74) is 2.33. The van der Waals surface area contributed by atoms with Gasteiger partial charge in [0.05, 0.1) is 13.0 Å². The minimum absolute atomic E-state index is 0.166. The van der Waals surface area contributed by atoms with E-state index < -0.39 is 0 Å². The molecule has 0 saturated carbocycles. The largest absolute Gasteiger partial charge is 0.465 e. The lowest BCUT2D eigenvalue weighted by Gasteiger charge is -2.08. The van der Waals surface area contributed by atoms with E-state index in [1.807, 2.05) is 37.3 Å². The molecule has 0 fully saturated rings. The van der Waals surface area contributed by atoms with Gasteiger partial charge in [-0.1, -0.05) is 61.1 Å². The molecular weight excluding hydrogens is 248 g/mol. The average Bonchev–Trinajstić information content (AvgIpc) is 2.46. The SMILES string of the molecule is C/C=C(\C)C/C=C/C(C)COC(=O)Cc1ccccc1. The van der Waals surface area contributed by atoms with Gasteiger partial charge >= 0.3 is 5.97 Å². The highest BCUT2D eigenvalue weighted by atomic mass is 16.5. The normalized spacial score (nSPS) is 13.4. The molecule has 0 aliphatic rings. The van der Waals surface area contributed by atoms with Gasteiger partial charge in [0.15, 0.2) is 0 Å². The molecule has 0 amide bonds. The molecule has 108 valence electrons. The molecule has 20 heavy (non-hydrogen) atoms. The van der Waals surface area contributed by atoms with E-state index in [2.05, 4.69) is 32.1 Å². The van der Waals surface area contributed by atoms with Crippen LogP contribution in [-0.2, 0) is 16.0 Å². The second kappa shape index (κ2) is 9.13. The van der Waals surface area contributed by atoms with Gasteiger partial charge in [0.1, 0.15) is 0 Å². The fourth-order valence-corrected chi connectivity index (χ4v) is 1.70. The molecule has 0 saturated heterocycles. The Morgan fingerprint density at radius 3 is 2.65 bits per heavy atom. The molecule has 0 aliphatic heterocycles. The summed E-state index contributed by atoms with van der Waals surface area (Å²) >= 11 is 0. The molecule has 0 spiro atoms. The third-order valence-corrected chi connectivity index (χ3v) is 3.10. The summed E-state index contributed by atoms with van der Waals surface area (Å²) in [5, 5.41) is 0. The topological polar surface area (TPSA) is 26.3 Å². The van der Waals surface area contributed by atoms with Gasteiger partial charge in [-0.25, -0.2) is 0 Å². The van der Waals surface area contributed by atoms with Gasteiger partial charge in [0.25, 0.3) is 0 Å². The summed E-state index contributed by atoms with van der Waals surface area (Å²) in [6.07, 6.45) is 7.64.